The molecule has 0 spiro atoms. The van der Waals surface area contributed by atoms with Crippen LogP contribution in [-0.4, -0.2) is 24.5 Å². The van der Waals surface area contributed by atoms with Crippen molar-refractivity contribution >= 4 is 62.3 Å². The predicted molar refractivity (Wildman–Crippen MR) is 103 cm³/mol. The third kappa shape index (κ3) is 4.23. The zero-order valence-electron chi connectivity index (χ0n) is 13.4. The summed E-state index contributed by atoms with van der Waals surface area (Å²) in [5, 5.41) is 6.15. The lowest BCUT2D eigenvalue weighted by molar-refractivity contribution is -0.122. The van der Waals surface area contributed by atoms with E-state index in [1.54, 1.807) is 31.2 Å². The Labute approximate surface area is 167 Å². The number of anilines is 2. The van der Waals surface area contributed by atoms with Crippen LogP contribution >= 0.6 is 39.1 Å². The van der Waals surface area contributed by atoms with E-state index in [0.717, 1.165) is 0 Å². The first-order chi connectivity index (χ1) is 12.3. The molecule has 26 heavy (non-hydrogen) atoms. The van der Waals surface area contributed by atoms with E-state index in [2.05, 4.69) is 26.6 Å². The molecule has 2 N–H and O–H groups in total. The fourth-order valence-corrected chi connectivity index (χ4v) is 3.23. The Morgan fingerprint density at radius 1 is 1.35 bits per heavy atom. The lowest BCUT2D eigenvalue weighted by Crippen LogP contribution is -2.30. The molecule has 6 nitrogen and oxygen atoms in total. The Morgan fingerprint density at radius 2 is 2.12 bits per heavy atom. The average Bonchev–Trinajstić information content (AvgIpc) is 2.58. The number of benzene rings is 2. The summed E-state index contributed by atoms with van der Waals surface area (Å²) in [5.74, 6) is 0.257. The summed E-state index contributed by atoms with van der Waals surface area (Å²) < 4.78 is 11.6. The summed E-state index contributed by atoms with van der Waals surface area (Å²) >= 11 is 15.4. The van der Waals surface area contributed by atoms with Crippen molar-refractivity contribution in [3.8, 4) is 11.5 Å². The largest absolute Gasteiger partial charge is 0.482 e. The molecule has 0 saturated carbocycles. The first kappa shape index (κ1) is 18.8. The number of fused-ring (bicyclic) bond motifs is 1. The molecule has 0 unspecified atom stereocenters. The molecule has 0 fully saturated rings. The summed E-state index contributed by atoms with van der Waals surface area (Å²) in [7, 11) is 0. The van der Waals surface area contributed by atoms with Gasteiger partial charge in [0, 0.05) is 11.1 Å². The zero-order valence-corrected chi connectivity index (χ0v) is 16.5. The first-order valence-corrected chi connectivity index (χ1v) is 9.07. The van der Waals surface area contributed by atoms with Gasteiger partial charge in [-0.2, -0.15) is 0 Å². The fraction of sp³-hybridized carbons (Fsp3) is 0.176. The van der Waals surface area contributed by atoms with Crippen molar-refractivity contribution in [3.05, 3.63) is 44.8 Å². The molecule has 3 rings (SSSR count). The number of nitrogens with one attached hydrogen (secondary N) is 2. The van der Waals surface area contributed by atoms with Crippen molar-refractivity contribution in [2.24, 2.45) is 0 Å². The molecule has 1 aliphatic heterocycles. The van der Waals surface area contributed by atoms with Gasteiger partial charge in [-0.3, -0.25) is 9.59 Å². The minimum atomic E-state index is -0.791. The molecule has 0 saturated heterocycles. The Bertz CT molecular complexity index is 891. The Hall–Kier alpha value is -1.96. The second kappa shape index (κ2) is 7.73. The third-order valence-corrected chi connectivity index (χ3v) is 4.69. The smallest absolute Gasteiger partial charge is 0.265 e. The van der Waals surface area contributed by atoms with Gasteiger partial charge >= 0.3 is 0 Å². The van der Waals surface area contributed by atoms with Gasteiger partial charge in [0.1, 0.15) is 11.5 Å². The van der Waals surface area contributed by atoms with Crippen molar-refractivity contribution in [1.82, 2.24) is 0 Å². The molecule has 2 aromatic carbocycles. The summed E-state index contributed by atoms with van der Waals surface area (Å²) in [5.41, 5.74) is 0.816. The molecule has 0 aliphatic carbocycles. The highest BCUT2D eigenvalue weighted by molar-refractivity contribution is 9.10. The number of rotatable bonds is 4. The lowest BCUT2D eigenvalue weighted by atomic mass is 10.2. The summed E-state index contributed by atoms with van der Waals surface area (Å²) in [6.45, 7) is 1.52. The second-order valence-corrected chi connectivity index (χ2v) is 7.19. The number of halogens is 3. The number of amides is 2. The maximum absolute atomic E-state index is 12.4. The Morgan fingerprint density at radius 3 is 2.85 bits per heavy atom. The highest BCUT2D eigenvalue weighted by Crippen LogP contribution is 2.36. The van der Waals surface area contributed by atoms with Crippen LogP contribution in [0, 0.1) is 0 Å². The van der Waals surface area contributed by atoms with Crippen molar-refractivity contribution in [2.75, 3.05) is 17.2 Å². The molecule has 1 atom stereocenters. The highest BCUT2D eigenvalue weighted by atomic mass is 79.9. The van der Waals surface area contributed by atoms with E-state index >= 15 is 0 Å². The molecule has 136 valence electrons. The SMILES string of the molecule is C[C@@H](Oc1ccc(Cl)cc1Br)C(=O)Nc1cc2c(cc1Cl)NC(=O)CO2. The van der Waals surface area contributed by atoms with Crippen LogP contribution in [0.4, 0.5) is 11.4 Å². The van der Waals surface area contributed by atoms with Crippen LogP contribution in [0.5, 0.6) is 11.5 Å². The molecular weight excluding hydrogens is 447 g/mol. The van der Waals surface area contributed by atoms with Crippen LogP contribution < -0.4 is 20.1 Å². The van der Waals surface area contributed by atoms with E-state index in [4.69, 9.17) is 32.7 Å². The quantitative estimate of drug-likeness (QED) is 0.705. The first-order valence-electron chi connectivity index (χ1n) is 7.52. The number of hydrogen-bond acceptors (Lipinski definition) is 4. The van der Waals surface area contributed by atoms with Gasteiger partial charge in [-0.1, -0.05) is 23.2 Å². The topological polar surface area (TPSA) is 76.7 Å². The Balaban J connectivity index is 1.72. The van der Waals surface area contributed by atoms with Gasteiger partial charge in [-0.25, -0.2) is 0 Å². The summed E-state index contributed by atoms with van der Waals surface area (Å²) in [6.07, 6.45) is -0.791. The summed E-state index contributed by atoms with van der Waals surface area (Å²) in [6, 6.07) is 8.08. The minimum absolute atomic E-state index is 0.0911. The highest BCUT2D eigenvalue weighted by Gasteiger charge is 2.21. The van der Waals surface area contributed by atoms with Crippen molar-refractivity contribution in [2.45, 2.75) is 13.0 Å². The van der Waals surface area contributed by atoms with Crippen LogP contribution in [0.2, 0.25) is 10.0 Å². The molecule has 1 aliphatic rings. The van der Waals surface area contributed by atoms with Crippen LogP contribution in [-0.2, 0) is 9.59 Å². The normalized spacial score (nSPS) is 13.9. The van der Waals surface area contributed by atoms with E-state index < -0.39 is 12.0 Å². The van der Waals surface area contributed by atoms with Crippen LogP contribution in [0.25, 0.3) is 0 Å². The second-order valence-electron chi connectivity index (χ2n) is 5.49. The van der Waals surface area contributed by atoms with Crippen molar-refractivity contribution in [1.29, 1.82) is 0 Å². The number of ether oxygens (including phenoxy) is 2. The van der Waals surface area contributed by atoms with Gasteiger partial charge in [0.2, 0.25) is 0 Å². The monoisotopic (exact) mass is 458 g/mol. The maximum atomic E-state index is 12.4. The molecule has 1 heterocycles. The summed E-state index contributed by atoms with van der Waals surface area (Å²) in [4.78, 5) is 23.8. The van der Waals surface area contributed by atoms with Gasteiger partial charge in [0.15, 0.2) is 12.7 Å². The van der Waals surface area contributed by atoms with E-state index in [1.807, 2.05) is 0 Å². The van der Waals surface area contributed by atoms with Crippen LogP contribution in [0.3, 0.4) is 0 Å². The molecular formula is C17H13BrCl2N2O4. The molecule has 2 amide bonds. The van der Waals surface area contributed by atoms with E-state index in [9.17, 15) is 9.59 Å². The van der Waals surface area contributed by atoms with E-state index in [1.165, 1.54) is 6.07 Å². The third-order valence-electron chi connectivity index (χ3n) is 3.53. The van der Waals surface area contributed by atoms with Crippen LogP contribution in [0.1, 0.15) is 6.92 Å². The average molecular weight is 460 g/mol. The standard InChI is InChI=1S/C17H13BrCl2N2O4/c1-8(26-14-3-2-9(19)4-10(14)18)17(24)22-12-6-15-13(5-11(12)20)21-16(23)7-25-15/h2-6,8H,7H2,1H3,(H,21,23)(H,22,24)/t8-/m1/s1. The molecule has 9 heteroatoms. The molecule has 0 aromatic heterocycles. The maximum Gasteiger partial charge on any atom is 0.265 e. The predicted octanol–water partition coefficient (Wildman–Crippen LogP) is 4.49. The van der Waals surface area contributed by atoms with E-state index in [0.29, 0.717) is 32.4 Å². The molecule has 0 bridgehead atoms. The number of carbonyl (C=O) groups excluding carboxylic acids is 2. The van der Waals surface area contributed by atoms with Gasteiger partial charge in [-0.05, 0) is 47.1 Å². The minimum Gasteiger partial charge on any atom is -0.482 e. The van der Waals surface area contributed by atoms with Gasteiger partial charge in [0.05, 0.1) is 20.9 Å². The van der Waals surface area contributed by atoms with Crippen LogP contribution in [0.15, 0.2) is 34.8 Å². The zero-order chi connectivity index (χ0) is 18.8. The Kier molecular flexibility index (Phi) is 5.60. The number of carbonyl (C=O) groups is 2. The van der Waals surface area contributed by atoms with Gasteiger partial charge in [0.25, 0.3) is 11.8 Å². The molecule has 0 radical (unpaired) electrons. The van der Waals surface area contributed by atoms with Crippen molar-refractivity contribution in [3.63, 3.8) is 0 Å². The van der Waals surface area contributed by atoms with Gasteiger partial charge < -0.3 is 20.1 Å². The van der Waals surface area contributed by atoms with Crippen molar-refractivity contribution < 1.29 is 19.1 Å². The van der Waals surface area contributed by atoms with Gasteiger partial charge in [-0.15, -0.1) is 0 Å². The fourth-order valence-electron chi connectivity index (χ4n) is 2.24. The lowest BCUT2D eigenvalue weighted by Gasteiger charge is -2.20. The molecule has 2 aromatic rings. The van der Waals surface area contributed by atoms with E-state index in [-0.39, 0.29) is 17.5 Å². The number of hydrogen-bond donors (Lipinski definition) is 2.